The van der Waals surface area contributed by atoms with Gasteiger partial charge in [-0.1, -0.05) is 30.6 Å². The fraction of sp³-hybridized carbons (Fsp3) is 0.625. The Bertz CT molecular complexity index is 710. The first-order valence-corrected chi connectivity index (χ1v) is 8.82. The number of esters is 1. The molecular weight excluding hydrogens is 330 g/mol. The standard InChI is InChI=1S/C16H21N3O4S/c1-11-9-24-15(22)19(11)8-13(20)23-12(2)14(21)18-16(10-17)6-4-3-5-7-16/h9,12H,3-8H2,1-2H3,(H,18,21). The minimum Gasteiger partial charge on any atom is -0.451 e. The molecule has 0 aliphatic heterocycles. The summed E-state index contributed by atoms with van der Waals surface area (Å²) in [6.45, 7) is 2.96. The Morgan fingerprint density at radius 2 is 2.12 bits per heavy atom. The normalized spacial score (nSPS) is 17.5. The van der Waals surface area contributed by atoms with E-state index in [0.29, 0.717) is 18.5 Å². The number of aryl methyl sites for hydroxylation is 1. The lowest BCUT2D eigenvalue weighted by Gasteiger charge is -2.32. The summed E-state index contributed by atoms with van der Waals surface area (Å²) in [6.07, 6.45) is 3.04. The van der Waals surface area contributed by atoms with E-state index in [4.69, 9.17) is 4.74 Å². The predicted molar refractivity (Wildman–Crippen MR) is 88.4 cm³/mol. The second-order valence-electron chi connectivity index (χ2n) is 6.11. The molecule has 1 amide bonds. The number of carbonyl (C=O) groups excluding carboxylic acids is 2. The second kappa shape index (κ2) is 7.62. The Morgan fingerprint density at radius 1 is 1.46 bits per heavy atom. The molecule has 1 aromatic rings. The number of nitrogens with one attached hydrogen (secondary N) is 1. The molecule has 7 nitrogen and oxygen atoms in total. The molecule has 1 N–H and O–H groups in total. The van der Waals surface area contributed by atoms with Gasteiger partial charge < -0.3 is 10.1 Å². The molecular formula is C16H21N3O4S. The highest BCUT2D eigenvalue weighted by Gasteiger charge is 2.35. The van der Waals surface area contributed by atoms with E-state index in [-0.39, 0.29) is 11.4 Å². The summed E-state index contributed by atoms with van der Waals surface area (Å²) in [7, 11) is 0. The number of hydrogen-bond donors (Lipinski definition) is 1. The van der Waals surface area contributed by atoms with Crippen LogP contribution in [0.25, 0.3) is 0 Å². The summed E-state index contributed by atoms with van der Waals surface area (Å²) in [5, 5.41) is 13.8. The maximum Gasteiger partial charge on any atom is 0.326 e. The lowest BCUT2D eigenvalue weighted by Crippen LogP contribution is -2.52. The Labute approximate surface area is 144 Å². The lowest BCUT2D eigenvalue weighted by atomic mass is 9.83. The van der Waals surface area contributed by atoms with Crippen LogP contribution in [0.4, 0.5) is 0 Å². The van der Waals surface area contributed by atoms with Crippen molar-refractivity contribution in [1.29, 1.82) is 5.26 Å². The molecule has 8 heteroatoms. The van der Waals surface area contributed by atoms with Crippen LogP contribution in [0.2, 0.25) is 0 Å². The van der Waals surface area contributed by atoms with Crippen LogP contribution in [0.3, 0.4) is 0 Å². The highest BCUT2D eigenvalue weighted by Crippen LogP contribution is 2.27. The molecule has 0 spiro atoms. The first-order chi connectivity index (χ1) is 11.4. The van der Waals surface area contributed by atoms with Crippen molar-refractivity contribution < 1.29 is 14.3 Å². The summed E-state index contributed by atoms with van der Waals surface area (Å²) in [5.74, 6) is -1.14. The fourth-order valence-corrected chi connectivity index (χ4v) is 3.51. The Balaban J connectivity index is 1.92. The van der Waals surface area contributed by atoms with E-state index in [1.54, 1.807) is 12.3 Å². The molecule has 1 aliphatic rings. The number of carbonyl (C=O) groups is 2. The van der Waals surface area contributed by atoms with Crippen molar-refractivity contribution in [2.45, 2.75) is 64.1 Å². The zero-order chi connectivity index (χ0) is 17.7. The summed E-state index contributed by atoms with van der Waals surface area (Å²) in [6, 6.07) is 2.19. The largest absolute Gasteiger partial charge is 0.451 e. The average molecular weight is 351 g/mol. The van der Waals surface area contributed by atoms with Crippen LogP contribution in [0.15, 0.2) is 10.2 Å². The van der Waals surface area contributed by atoms with E-state index in [9.17, 15) is 19.6 Å². The molecule has 130 valence electrons. The highest BCUT2D eigenvalue weighted by molar-refractivity contribution is 7.07. The van der Waals surface area contributed by atoms with Gasteiger partial charge in [-0.2, -0.15) is 5.26 Å². The van der Waals surface area contributed by atoms with Crippen molar-refractivity contribution in [3.8, 4) is 6.07 Å². The maximum atomic E-state index is 12.2. The second-order valence-corrected chi connectivity index (χ2v) is 6.93. The van der Waals surface area contributed by atoms with Crippen molar-refractivity contribution >= 4 is 23.2 Å². The van der Waals surface area contributed by atoms with Crippen LogP contribution in [-0.4, -0.2) is 28.1 Å². The van der Waals surface area contributed by atoms with E-state index in [0.717, 1.165) is 30.6 Å². The topological polar surface area (TPSA) is 101 Å². The van der Waals surface area contributed by atoms with Gasteiger partial charge in [-0.25, -0.2) is 0 Å². The predicted octanol–water partition coefficient (Wildman–Crippen LogP) is 1.49. The summed E-state index contributed by atoms with van der Waals surface area (Å²) in [4.78, 5) is 35.5. The van der Waals surface area contributed by atoms with Crippen molar-refractivity contribution in [3.63, 3.8) is 0 Å². The Kier molecular flexibility index (Phi) is 5.78. The first-order valence-electron chi connectivity index (χ1n) is 7.94. The summed E-state index contributed by atoms with van der Waals surface area (Å²) in [5.41, 5.74) is -0.193. The average Bonchev–Trinajstić information content (AvgIpc) is 2.87. The van der Waals surface area contributed by atoms with Crippen LogP contribution in [-0.2, 0) is 20.9 Å². The highest BCUT2D eigenvalue weighted by atomic mass is 32.1. The van der Waals surface area contributed by atoms with E-state index in [1.165, 1.54) is 11.5 Å². The van der Waals surface area contributed by atoms with Gasteiger partial charge in [0.15, 0.2) is 6.10 Å². The molecule has 1 unspecified atom stereocenters. The van der Waals surface area contributed by atoms with Gasteiger partial charge >= 0.3 is 10.8 Å². The molecule has 1 fully saturated rings. The summed E-state index contributed by atoms with van der Waals surface area (Å²) < 4.78 is 6.41. The molecule has 24 heavy (non-hydrogen) atoms. The van der Waals surface area contributed by atoms with Crippen LogP contribution in [0.5, 0.6) is 0 Å². The molecule has 1 saturated carbocycles. The van der Waals surface area contributed by atoms with Crippen LogP contribution < -0.4 is 10.2 Å². The zero-order valence-corrected chi connectivity index (χ0v) is 14.6. The fourth-order valence-electron chi connectivity index (χ4n) is 2.77. The first kappa shape index (κ1) is 18.2. The molecule has 0 bridgehead atoms. The van der Waals surface area contributed by atoms with Gasteiger partial charge in [0.25, 0.3) is 5.91 Å². The van der Waals surface area contributed by atoms with Gasteiger partial charge in [0.1, 0.15) is 12.1 Å². The number of thiazole rings is 1. The molecule has 1 atom stereocenters. The zero-order valence-electron chi connectivity index (χ0n) is 13.8. The number of nitrogens with zero attached hydrogens (tertiary/aromatic N) is 2. The molecule has 0 radical (unpaired) electrons. The van der Waals surface area contributed by atoms with Crippen LogP contribution in [0.1, 0.15) is 44.7 Å². The van der Waals surface area contributed by atoms with E-state index < -0.39 is 23.5 Å². The minimum atomic E-state index is -1.01. The third kappa shape index (κ3) is 4.23. The molecule has 2 rings (SSSR count). The quantitative estimate of drug-likeness (QED) is 0.810. The molecule has 1 aliphatic carbocycles. The van der Waals surface area contributed by atoms with E-state index >= 15 is 0 Å². The third-order valence-corrected chi connectivity index (χ3v) is 5.11. The van der Waals surface area contributed by atoms with E-state index in [2.05, 4.69) is 11.4 Å². The monoisotopic (exact) mass is 351 g/mol. The van der Waals surface area contributed by atoms with Gasteiger partial charge in [0, 0.05) is 11.1 Å². The van der Waals surface area contributed by atoms with Crippen LogP contribution >= 0.6 is 11.3 Å². The SMILES string of the molecule is Cc1csc(=O)n1CC(=O)OC(C)C(=O)NC1(C#N)CCCCC1. The lowest BCUT2D eigenvalue weighted by molar-refractivity contribution is -0.156. The van der Waals surface area contributed by atoms with Crippen molar-refractivity contribution in [3.05, 3.63) is 20.7 Å². The van der Waals surface area contributed by atoms with Crippen molar-refractivity contribution in [2.24, 2.45) is 0 Å². The number of hydrogen-bond acceptors (Lipinski definition) is 6. The van der Waals surface area contributed by atoms with E-state index in [1.807, 2.05) is 0 Å². The van der Waals surface area contributed by atoms with Crippen molar-refractivity contribution in [2.75, 3.05) is 0 Å². The molecule has 1 aromatic heterocycles. The summed E-state index contributed by atoms with van der Waals surface area (Å²) >= 11 is 1.01. The van der Waals surface area contributed by atoms with Gasteiger partial charge in [-0.05, 0) is 26.7 Å². The molecule has 0 saturated heterocycles. The number of nitriles is 1. The number of amides is 1. The van der Waals surface area contributed by atoms with Gasteiger partial charge in [-0.3, -0.25) is 19.0 Å². The number of ether oxygens (including phenoxy) is 1. The smallest absolute Gasteiger partial charge is 0.326 e. The van der Waals surface area contributed by atoms with Gasteiger partial charge in [-0.15, -0.1) is 0 Å². The maximum absolute atomic E-state index is 12.2. The Morgan fingerprint density at radius 3 is 2.67 bits per heavy atom. The Hall–Kier alpha value is -2.14. The number of rotatable bonds is 5. The van der Waals surface area contributed by atoms with Crippen LogP contribution in [0, 0.1) is 18.3 Å². The molecule has 1 heterocycles. The van der Waals surface area contributed by atoms with Gasteiger partial charge in [0.2, 0.25) is 0 Å². The van der Waals surface area contributed by atoms with Crippen molar-refractivity contribution in [1.82, 2.24) is 9.88 Å². The minimum absolute atomic E-state index is 0.227. The molecule has 0 aromatic carbocycles. The van der Waals surface area contributed by atoms with Gasteiger partial charge in [0.05, 0.1) is 6.07 Å². The third-order valence-electron chi connectivity index (χ3n) is 4.22. The number of aromatic nitrogens is 1.